The smallest absolute Gasteiger partial charge is 0.133 e. The van der Waals surface area contributed by atoms with E-state index in [-0.39, 0.29) is 5.82 Å². The predicted molar refractivity (Wildman–Crippen MR) is 71.2 cm³/mol. The molecule has 0 amide bonds. The van der Waals surface area contributed by atoms with Crippen molar-refractivity contribution in [3.63, 3.8) is 0 Å². The molecule has 0 aliphatic heterocycles. The molecule has 4 heteroatoms. The van der Waals surface area contributed by atoms with Gasteiger partial charge in [-0.1, -0.05) is 33.8 Å². The Hall–Kier alpha value is -1.00. The summed E-state index contributed by atoms with van der Waals surface area (Å²) in [6.07, 6.45) is 0. The maximum Gasteiger partial charge on any atom is 0.133 e. The standard InChI is InChI=1S/C13H10BrFOS/c1-16-12-7-9(14)5-6-13(12)17-11-4-2-3-10(15)8-11/h2-8H,1H3. The van der Waals surface area contributed by atoms with Crippen LogP contribution in [0.15, 0.2) is 56.7 Å². The van der Waals surface area contributed by atoms with Crippen molar-refractivity contribution < 1.29 is 9.13 Å². The van der Waals surface area contributed by atoms with Crippen molar-refractivity contribution in [1.82, 2.24) is 0 Å². The monoisotopic (exact) mass is 312 g/mol. The van der Waals surface area contributed by atoms with Gasteiger partial charge in [0.15, 0.2) is 0 Å². The van der Waals surface area contributed by atoms with Gasteiger partial charge in [-0.15, -0.1) is 0 Å². The first-order chi connectivity index (χ1) is 8.19. The summed E-state index contributed by atoms with van der Waals surface area (Å²) in [6, 6.07) is 12.3. The molecule has 0 radical (unpaired) electrons. The van der Waals surface area contributed by atoms with E-state index in [1.807, 2.05) is 24.3 Å². The summed E-state index contributed by atoms with van der Waals surface area (Å²) in [4.78, 5) is 1.81. The second kappa shape index (κ2) is 5.56. The Morgan fingerprint density at radius 3 is 2.71 bits per heavy atom. The molecule has 17 heavy (non-hydrogen) atoms. The van der Waals surface area contributed by atoms with Crippen molar-refractivity contribution in [1.29, 1.82) is 0 Å². The molecule has 0 bridgehead atoms. The van der Waals surface area contributed by atoms with Crippen LogP contribution < -0.4 is 4.74 Å². The highest BCUT2D eigenvalue weighted by Gasteiger charge is 2.06. The first kappa shape index (κ1) is 12.5. The first-order valence-corrected chi connectivity index (χ1v) is 6.57. The van der Waals surface area contributed by atoms with Crippen LogP contribution in [0.1, 0.15) is 0 Å². The van der Waals surface area contributed by atoms with Gasteiger partial charge in [0, 0.05) is 9.37 Å². The number of benzene rings is 2. The zero-order valence-electron chi connectivity index (χ0n) is 9.11. The molecule has 0 fully saturated rings. The third-order valence-corrected chi connectivity index (χ3v) is 3.69. The topological polar surface area (TPSA) is 9.23 Å². The minimum atomic E-state index is -0.230. The summed E-state index contributed by atoms with van der Waals surface area (Å²) >= 11 is 4.86. The quantitative estimate of drug-likeness (QED) is 0.809. The number of ether oxygens (including phenoxy) is 1. The van der Waals surface area contributed by atoms with Crippen molar-refractivity contribution in [2.75, 3.05) is 7.11 Å². The minimum Gasteiger partial charge on any atom is -0.496 e. The first-order valence-electron chi connectivity index (χ1n) is 4.96. The maximum atomic E-state index is 13.1. The molecule has 0 saturated heterocycles. The third kappa shape index (κ3) is 3.23. The van der Waals surface area contributed by atoms with Crippen LogP contribution in [-0.4, -0.2) is 7.11 Å². The summed E-state index contributed by atoms with van der Waals surface area (Å²) < 4.78 is 19.3. The number of rotatable bonds is 3. The van der Waals surface area contributed by atoms with Crippen LogP contribution in [0.4, 0.5) is 4.39 Å². The Bertz CT molecular complexity index is 531. The molecule has 0 spiro atoms. The summed E-state index contributed by atoms with van der Waals surface area (Å²) in [5.74, 6) is 0.541. The van der Waals surface area contributed by atoms with E-state index in [0.717, 1.165) is 20.0 Å². The van der Waals surface area contributed by atoms with Crippen molar-refractivity contribution >= 4 is 27.7 Å². The van der Waals surface area contributed by atoms with Crippen LogP contribution in [0.25, 0.3) is 0 Å². The van der Waals surface area contributed by atoms with Gasteiger partial charge in [0.1, 0.15) is 11.6 Å². The Balaban J connectivity index is 2.29. The molecule has 2 aromatic carbocycles. The van der Waals surface area contributed by atoms with E-state index in [9.17, 15) is 4.39 Å². The molecule has 2 aromatic rings. The minimum absolute atomic E-state index is 0.230. The number of methoxy groups -OCH3 is 1. The summed E-state index contributed by atoms with van der Waals surface area (Å²) in [5.41, 5.74) is 0. The fraction of sp³-hybridized carbons (Fsp3) is 0.0769. The van der Waals surface area contributed by atoms with Gasteiger partial charge >= 0.3 is 0 Å². The van der Waals surface area contributed by atoms with E-state index in [1.54, 1.807) is 13.2 Å². The molecule has 0 unspecified atom stereocenters. The normalized spacial score (nSPS) is 10.3. The lowest BCUT2D eigenvalue weighted by molar-refractivity contribution is 0.404. The average Bonchev–Trinajstić information content (AvgIpc) is 2.31. The lowest BCUT2D eigenvalue weighted by atomic mass is 10.3. The van der Waals surface area contributed by atoms with Gasteiger partial charge in [0.05, 0.1) is 12.0 Å². The molecule has 0 N–H and O–H groups in total. The molecule has 0 heterocycles. The van der Waals surface area contributed by atoms with Crippen LogP contribution in [0.5, 0.6) is 5.75 Å². The second-order valence-electron chi connectivity index (χ2n) is 3.35. The van der Waals surface area contributed by atoms with Crippen molar-refractivity contribution in [3.8, 4) is 5.75 Å². The molecule has 0 aliphatic carbocycles. The van der Waals surface area contributed by atoms with E-state index < -0.39 is 0 Å². The largest absolute Gasteiger partial charge is 0.496 e. The lowest BCUT2D eigenvalue weighted by Crippen LogP contribution is -1.86. The SMILES string of the molecule is COc1cc(Br)ccc1Sc1cccc(F)c1. The van der Waals surface area contributed by atoms with Gasteiger partial charge in [-0.2, -0.15) is 0 Å². The third-order valence-electron chi connectivity index (χ3n) is 2.15. The summed E-state index contributed by atoms with van der Waals surface area (Å²) in [5, 5.41) is 0. The fourth-order valence-corrected chi connectivity index (χ4v) is 2.67. The zero-order valence-corrected chi connectivity index (χ0v) is 11.5. The van der Waals surface area contributed by atoms with Crippen molar-refractivity contribution in [2.24, 2.45) is 0 Å². The fourth-order valence-electron chi connectivity index (χ4n) is 1.38. The molecule has 0 aliphatic rings. The predicted octanol–water partition coefficient (Wildman–Crippen LogP) is 4.75. The Morgan fingerprint density at radius 1 is 1.18 bits per heavy atom. The maximum absolute atomic E-state index is 13.1. The highest BCUT2D eigenvalue weighted by atomic mass is 79.9. The van der Waals surface area contributed by atoms with Crippen molar-refractivity contribution in [3.05, 3.63) is 52.8 Å². The Kier molecular flexibility index (Phi) is 4.07. The summed E-state index contributed by atoms with van der Waals surface area (Å²) in [7, 11) is 1.62. The molecule has 1 nitrogen and oxygen atoms in total. The van der Waals surface area contributed by atoms with Gasteiger partial charge in [-0.3, -0.25) is 0 Å². The molecule has 0 saturated carbocycles. The molecular formula is C13H10BrFOS. The molecule has 88 valence electrons. The van der Waals surface area contributed by atoms with Crippen LogP contribution in [0.3, 0.4) is 0 Å². The van der Waals surface area contributed by atoms with Gasteiger partial charge in [0.2, 0.25) is 0 Å². The van der Waals surface area contributed by atoms with Gasteiger partial charge in [0.25, 0.3) is 0 Å². The molecule has 0 atom stereocenters. The van der Waals surface area contributed by atoms with Crippen LogP contribution >= 0.6 is 27.7 Å². The van der Waals surface area contributed by atoms with Crippen LogP contribution in [0, 0.1) is 5.82 Å². The molecular weight excluding hydrogens is 303 g/mol. The Morgan fingerprint density at radius 2 is 2.00 bits per heavy atom. The lowest BCUT2D eigenvalue weighted by Gasteiger charge is -2.08. The molecule has 0 aromatic heterocycles. The van der Waals surface area contributed by atoms with Crippen LogP contribution in [0.2, 0.25) is 0 Å². The number of halogens is 2. The Labute approximate surface area is 112 Å². The van der Waals surface area contributed by atoms with Gasteiger partial charge in [-0.25, -0.2) is 4.39 Å². The summed E-state index contributed by atoms with van der Waals surface area (Å²) in [6.45, 7) is 0. The van der Waals surface area contributed by atoms with E-state index in [1.165, 1.54) is 23.9 Å². The number of hydrogen-bond acceptors (Lipinski definition) is 2. The van der Waals surface area contributed by atoms with Crippen LogP contribution in [-0.2, 0) is 0 Å². The van der Waals surface area contributed by atoms with Gasteiger partial charge < -0.3 is 4.74 Å². The van der Waals surface area contributed by atoms with Gasteiger partial charge in [-0.05, 0) is 36.4 Å². The zero-order chi connectivity index (χ0) is 12.3. The molecule has 2 rings (SSSR count). The average molecular weight is 313 g/mol. The van der Waals surface area contributed by atoms with E-state index in [4.69, 9.17) is 4.74 Å². The highest BCUT2D eigenvalue weighted by molar-refractivity contribution is 9.10. The van der Waals surface area contributed by atoms with E-state index in [0.29, 0.717) is 0 Å². The number of hydrogen-bond donors (Lipinski definition) is 0. The van der Waals surface area contributed by atoms with E-state index in [2.05, 4.69) is 15.9 Å². The van der Waals surface area contributed by atoms with Crippen molar-refractivity contribution in [2.45, 2.75) is 9.79 Å². The van der Waals surface area contributed by atoms with E-state index >= 15 is 0 Å². The second-order valence-corrected chi connectivity index (χ2v) is 5.39. The highest BCUT2D eigenvalue weighted by Crippen LogP contribution is 2.36.